The minimum Gasteiger partial charge on any atom is -0.295 e. The van der Waals surface area contributed by atoms with Crippen molar-refractivity contribution in [1.29, 1.82) is 0 Å². The van der Waals surface area contributed by atoms with Gasteiger partial charge >= 0.3 is 0 Å². The molecule has 0 amide bonds. The van der Waals surface area contributed by atoms with Crippen LogP contribution in [0.5, 0.6) is 0 Å². The van der Waals surface area contributed by atoms with E-state index in [-0.39, 0.29) is 11.5 Å². The number of allylic oxidation sites excluding steroid dienone is 1. The van der Waals surface area contributed by atoms with Crippen LogP contribution in [0.25, 0.3) is 6.08 Å². The zero-order valence-electron chi connectivity index (χ0n) is 8.68. The molecule has 0 saturated heterocycles. The van der Waals surface area contributed by atoms with Crippen molar-refractivity contribution in [3.63, 3.8) is 0 Å². The Bertz CT molecular complexity index is 477. The number of carbonyl (C=O) groups is 1. The fraction of sp³-hybridized carbons (Fsp3) is 0.250. The number of Topliss-reactive ketones (excluding diaryl/α,β-unsaturated/α-hetero) is 1. The van der Waals surface area contributed by atoms with Gasteiger partial charge in [-0.25, -0.2) is 0 Å². The zero-order valence-corrected chi connectivity index (χ0v) is 8.68. The van der Waals surface area contributed by atoms with Gasteiger partial charge in [-0.3, -0.25) is 14.9 Å². The zero-order chi connectivity index (χ0) is 11.5. The molecule has 0 radical (unpaired) electrons. The van der Waals surface area contributed by atoms with Crippen LogP contribution < -0.4 is 0 Å². The Labute approximate surface area is 92.7 Å². The van der Waals surface area contributed by atoms with E-state index in [4.69, 9.17) is 0 Å². The van der Waals surface area contributed by atoms with Crippen LogP contribution in [-0.2, 0) is 4.79 Å². The van der Waals surface area contributed by atoms with Gasteiger partial charge in [-0.2, -0.15) is 0 Å². The summed E-state index contributed by atoms with van der Waals surface area (Å²) in [4.78, 5) is 21.5. The van der Waals surface area contributed by atoms with E-state index in [0.29, 0.717) is 6.42 Å². The van der Waals surface area contributed by atoms with Crippen molar-refractivity contribution >= 4 is 17.5 Å². The lowest BCUT2D eigenvalue weighted by molar-refractivity contribution is -0.384. The first-order valence-electron chi connectivity index (χ1n) is 5.15. The summed E-state index contributed by atoms with van der Waals surface area (Å²) < 4.78 is 0. The van der Waals surface area contributed by atoms with Gasteiger partial charge in [0.2, 0.25) is 0 Å². The van der Waals surface area contributed by atoms with Crippen molar-refractivity contribution in [2.45, 2.75) is 19.3 Å². The molecule has 1 aromatic rings. The Balaban J connectivity index is 2.31. The van der Waals surface area contributed by atoms with Crippen LogP contribution in [0.2, 0.25) is 0 Å². The Kier molecular flexibility index (Phi) is 2.81. The van der Waals surface area contributed by atoms with Gasteiger partial charge in [0.15, 0.2) is 5.78 Å². The van der Waals surface area contributed by atoms with Crippen molar-refractivity contribution in [1.82, 2.24) is 0 Å². The summed E-state index contributed by atoms with van der Waals surface area (Å²) in [7, 11) is 0. The molecule has 1 saturated carbocycles. The molecule has 0 atom stereocenters. The third kappa shape index (κ3) is 2.16. The molecule has 0 aliphatic heterocycles. The highest BCUT2D eigenvalue weighted by atomic mass is 16.6. The van der Waals surface area contributed by atoms with Gasteiger partial charge in [-0.1, -0.05) is 12.1 Å². The van der Waals surface area contributed by atoms with Gasteiger partial charge < -0.3 is 0 Å². The predicted molar refractivity (Wildman–Crippen MR) is 59.9 cm³/mol. The number of rotatable bonds is 2. The standard InChI is InChI=1S/C12H11NO3/c14-12-6-2-4-10(12)7-9-3-1-5-11(8-9)13(15)16/h1,3,5,7-8H,2,4,6H2. The third-order valence-electron chi connectivity index (χ3n) is 2.63. The summed E-state index contributed by atoms with van der Waals surface area (Å²) in [5.74, 6) is 0.159. The van der Waals surface area contributed by atoms with Crippen molar-refractivity contribution in [2.75, 3.05) is 0 Å². The van der Waals surface area contributed by atoms with Gasteiger partial charge in [0.25, 0.3) is 5.69 Å². The normalized spacial score (nSPS) is 18.0. The van der Waals surface area contributed by atoms with E-state index in [1.807, 2.05) is 0 Å². The molecule has 0 aromatic heterocycles. The van der Waals surface area contributed by atoms with Crippen LogP contribution >= 0.6 is 0 Å². The highest BCUT2D eigenvalue weighted by Gasteiger charge is 2.16. The molecular weight excluding hydrogens is 206 g/mol. The van der Waals surface area contributed by atoms with Gasteiger partial charge in [0.05, 0.1) is 4.92 Å². The molecule has 4 nitrogen and oxygen atoms in total. The Morgan fingerprint density at radius 3 is 2.75 bits per heavy atom. The largest absolute Gasteiger partial charge is 0.295 e. The van der Waals surface area contributed by atoms with Crippen molar-refractivity contribution in [3.8, 4) is 0 Å². The Morgan fingerprint density at radius 2 is 2.12 bits per heavy atom. The fourth-order valence-electron chi connectivity index (χ4n) is 1.82. The molecule has 2 rings (SSSR count). The summed E-state index contributed by atoms with van der Waals surface area (Å²) in [5, 5.41) is 10.6. The SMILES string of the molecule is O=C1CCCC1=Cc1cccc([N+](=O)[O-])c1. The molecule has 1 aromatic carbocycles. The smallest absolute Gasteiger partial charge is 0.270 e. The Hall–Kier alpha value is -1.97. The van der Waals surface area contributed by atoms with E-state index in [1.165, 1.54) is 12.1 Å². The molecule has 0 N–H and O–H groups in total. The van der Waals surface area contributed by atoms with E-state index in [0.717, 1.165) is 24.0 Å². The molecule has 0 spiro atoms. The molecule has 16 heavy (non-hydrogen) atoms. The fourth-order valence-corrected chi connectivity index (χ4v) is 1.82. The second kappa shape index (κ2) is 4.26. The number of carbonyl (C=O) groups excluding carboxylic acids is 1. The molecule has 1 fully saturated rings. The minimum atomic E-state index is -0.432. The lowest BCUT2D eigenvalue weighted by Crippen LogP contribution is -1.92. The maximum atomic E-state index is 11.4. The van der Waals surface area contributed by atoms with Gasteiger partial charge in [-0.15, -0.1) is 0 Å². The first-order chi connectivity index (χ1) is 7.66. The average molecular weight is 217 g/mol. The van der Waals surface area contributed by atoms with Gasteiger partial charge in [0.1, 0.15) is 0 Å². The minimum absolute atomic E-state index is 0.0554. The number of nitro benzene ring substituents is 1. The predicted octanol–water partition coefficient (Wildman–Crippen LogP) is 2.73. The first-order valence-corrected chi connectivity index (χ1v) is 5.15. The van der Waals surface area contributed by atoms with Crippen LogP contribution in [0.3, 0.4) is 0 Å². The van der Waals surface area contributed by atoms with Gasteiger partial charge in [-0.05, 0) is 30.1 Å². The Morgan fingerprint density at radius 1 is 1.31 bits per heavy atom. The molecular formula is C12H11NO3. The lowest BCUT2D eigenvalue weighted by Gasteiger charge is -1.97. The average Bonchev–Trinajstić information content (AvgIpc) is 2.65. The number of ketones is 1. The van der Waals surface area contributed by atoms with Crippen molar-refractivity contribution in [3.05, 3.63) is 45.5 Å². The van der Waals surface area contributed by atoms with Crippen LogP contribution in [-0.4, -0.2) is 10.7 Å². The second-order valence-corrected chi connectivity index (χ2v) is 3.80. The van der Waals surface area contributed by atoms with E-state index >= 15 is 0 Å². The van der Waals surface area contributed by atoms with Crippen LogP contribution in [0, 0.1) is 10.1 Å². The number of benzene rings is 1. The monoisotopic (exact) mass is 217 g/mol. The first kappa shape index (κ1) is 10.5. The van der Waals surface area contributed by atoms with Crippen LogP contribution in [0.4, 0.5) is 5.69 Å². The van der Waals surface area contributed by atoms with Crippen molar-refractivity contribution < 1.29 is 9.72 Å². The third-order valence-corrected chi connectivity index (χ3v) is 2.63. The van der Waals surface area contributed by atoms with Crippen LogP contribution in [0.15, 0.2) is 29.8 Å². The number of hydrogen-bond donors (Lipinski definition) is 0. The summed E-state index contributed by atoms with van der Waals surface area (Å²) in [6, 6.07) is 6.33. The number of hydrogen-bond acceptors (Lipinski definition) is 3. The van der Waals surface area contributed by atoms with E-state index in [9.17, 15) is 14.9 Å². The molecule has 1 aliphatic carbocycles. The molecule has 4 heteroatoms. The maximum absolute atomic E-state index is 11.4. The van der Waals surface area contributed by atoms with Gasteiger partial charge in [0, 0.05) is 18.6 Å². The highest BCUT2D eigenvalue weighted by Crippen LogP contribution is 2.24. The highest BCUT2D eigenvalue weighted by molar-refractivity contribution is 6.01. The molecule has 82 valence electrons. The topological polar surface area (TPSA) is 60.2 Å². The van der Waals surface area contributed by atoms with E-state index < -0.39 is 4.92 Å². The number of nitrogens with zero attached hydrogens (tertiary/aromatic N) is 1. The van der Waals surface area contributed by atoms with E-state index in [1.54, 1.807) is 18.2 Å². The lowest BCUT2D eigenvalue weighted by atomic mass is 10.1. The second-order valence-electron chi connectivity index (χ2n) is 3.80. The summed E-state index contributed by atoms with van der Waals surface area (Å²) in [6.45, 7) is 0. The number of non-ortho nitro benzene ring substituents is 1. The number of nitro groups is 1. The van der Waals surface area contributed by atoms with E-state index in [2.05, 4.69) is 0 Å². The van der Waals surface area contributed by atoms with Crippen molar-refractivity contribution in [2.24, 2.45) is 0 Å². The summed E-state index contributed by atoms with van der Waals surface area (Å²) in [6.07, 6.45) is 4.02. The summed E-state index contributed by atoms with van der Waals surface area (Å²) in [5.41, 5.74) is 1.56. The molecule has 0 unspecified atom stereocenters. The molecule has 0 heterocycles. The quantitative estimate of drug-likeness (QED) is 0.434. The molecule has 1 aliphatic rings. The summed E-state index contributed by atoms with van der Waals surface area (Å²) >= 11 is 0. The molecule has 0 bridgehead atoms. The maximum Gasteiger partial charge on any atom is 0.270 e. The van der Waals surface area contributed by atoms with Crippen LogP contribution in [0.1, 0.15) is 24.8 Å².